The molecule has 1 saturated carbocycles. The zero-order chi connectivity index (χ0) is 14.1. The van der Waals surface area contributed by atoms with Crippen LogP contribution < -0.4 is 4.74 Å². The van der Waals surface area contributed by atoms with E-state index < -0.39 is 11.2 Å². The van der Waals surface area contributed by atoms with E-state index >= 15 is 0 Å². The number of hydrogen-bond donors (Lipinski definition) is 0. The Bertz CT molecular complexity index is 471. The highest BCUT2D eigenvalue weighted by Gasteiger charge is 2.46. The van der Waals surface area contributed by atoms with Gasteiger partial charge in [0.05, 0.1) is 18.6 Å². The van der Waals surface area contributed by atoms with Crippen LogP contribution in [0.2, 0.25) is 0 Å². The maximum absolute atomic E-state index is 11.5. The van der Waals surface area contributed by atoms with Crippen molar-refractivity contribution >= 4 is 17.8 Å². The number of aryl methyl sites for hydroxylation is 1. The van der Waals surface area contributed by atoms with E-state index in [0.717, 1.165) is 36.8 Å². The van der Waals surface area contributed by atoms with Crippen molar-refractivity contribution in [3.63, 3.8) is 0 Å². The SMILES string of the molecule is Cc1cc(OCC2(C=O)CCC3(CC2)OCCO3)ns1. The Kier molecular flexibility index (Phi) is 3.79. The molecule has 0 N–H and O–H groups in total. The first-order valence-electron chi connectivity index (χ1n) is 6.96. The van der Waals surface area contributed by atoms with Crippen LogP contribution in [-0.4, -0.2) is 36.3 Å². The van der Waals surface area contributed by atoms with Crippen molar-refractivity contribution < 1.29 is 19.0 Å². The quantitative estimate of drug-likeness (QED) is 0.798. The Hall–Kier alpha value is -0.980. The molecule has 2 aliphatic rings. The standard InChI is InChI=1S/C14H19NO4S/c1-11-8-12(15-20-11)17-10-13(9-16)2-4-14(5-3-13)18-6-7-19-14/h8-9H,2-7,10H2,1H3. The van der Waals surface area contributed by atoms with Crippen molar-refractivity contribution in [1.29, 1.82) is 0 Å². The zero-order valence-electron chi connectivity index (χ0n) is 11.6. The Morgan fingerprint density at radius 2 is 2.05 bits per heavy atom. The highest BCUT2D eigenvalue weighted by Crippen LogP contribution is 2.44. The third-order valence-electron chi connectivity index (χ3n) is 4.18. The number of carbonyl (C=O) groups is 1. The highest BCUT2D eigenvalue weighted by molar-refractivity contribution is 7.05. The summed E-state index contributed by atoms with van der Waals surface area (Å²) in [6.45, 7) is 3.68. The molecule has 1 aromatic heterocycles. The molecule has 0 unspecified atom stereocenters. The lowest BCUT2D eigenvalue weighted by molar-refractivity contribution is -0.192. The number of ether oxygens (including phenoxy) is 3. The summed E-state index contributed by atoms with van der Waals surface area (Å²) in [6.07, 6.45) is 4.02. The fourth-order valence-electron chi connectivity index (χ4n) is 2.84. The Labute approximate surface area is 122 Å². The lowest BCUT2D eigenvalue weighted by Gasteiger charge is -2.40. The van der Waals surface area contributed by atoms with E-state index in [-0.39, 0.29) is 0 Å². The topological polar surface area (TPSA) is 57.7 Å². The third-order valence-corrected chi connectivity index (χ3v) is 4.86. The second-order valence-electron chi connectivity index (χ2n) is 5.65. The van der Waals surface area contributed by atoms with Gasteiger partial charge in [-0.1, -0.05) is 0 Å². The number of carbonyl (C=O) groups excluding carboxylic acids is 1. The van der Waals surface area contributed by atoms with Crippen LogP contribution in [0, 0.1) is 12.3 Å². The first-order chi connectivity index (χ1) is 9.65. The van der Waals surface area contributed by atoms with Crippen molar-refractivity contribution in [3.8, 4) is 5.88 Å². The molecule has 110 valence electrons. The van der Waals surface area contributed by atoms with Crippen molar-refractivity contribution in [3.05, 3.63) is 10.9 Å². The zero-order valence-corrected chi connectivity index (χ0v) is 12.4. The van der Waals surface area contributed by atoms with Crippen LogP contribution in [0.4, 0.5) is 0 Å². The summed E-state index contributed by atoms with van der Waals surface area (Å²) < 4.78 is 21.3. The molecule has 0 bridgehead atoms. The van der Waals surface area contributed by atoms with Crippen LogP contribution >= 0.6 is 11.5 Å². The van der Waals surface area contributed by atoms with E-state index in [2.05, 4.69) is 4.37 Å². The Balaban J connectivity index is 1.60. The minimum atomic E-state index is -0.441. The van der Waals surface area contributed by atoms with Gasteiger partial charge in [0.15, 0.2) is 5.79 Å². The van der Waals surface area contributed by atoms with Crippen LogP contribution in [-0.2, 0) is 14.3 Å². The summed E-state index contributed by atoms with van der Waals surface area (Å²) in [7, 11) is 0. The van der Waals surface area contributed by atoms with Crippen LogP contribution in [0.25, 0.3) is 0 Å². The Morgan fingerprint density at radius 1 is 1.35 bits per heavy atom. The lowest BCUT2D eigenvalue weighted by atomic mass is 9.73. The van der Waals surface area contributed by atoms with Crippen LogP contribution in [0.1, 0.15) is 30.6 Å². The number of hydrogen-bond acceptors (Lipinski definition) is 6. The molecule has 3 rings (SSSR count). The second kappa shape index (κ2) is 5.42. The fraction of sp³-hybridized carbons (Fsp3) is 0.714. The average Bonchev–Trinajstić information content (AvgIpc) is 3.09. The van der Waals surface area contributed by atoms with Crippen molar-refractivity contribution in [1.82, 2.24) is 4.37 Å². The molecule has 1 spiro atoms. The molecule has 0 amide bonds. The van der Waals surface area contributed by atoms with Crippen LogP contribution in [0.3, 0.4) is 0 Å². The number of nitrogens with zero attached hydrogens (tertiary/aromatic N) is 1. The van der Waals surface area contributed by atoms with Gasteiger partial charge in [-0.15, -0.1) is 0 Å². The summed E-state index contributed by atoms with van der Waals surface area (Å²) in [5.74, 6) is 0.173. The van der Waals surface area contributed by atoms with E-state index in [4.69, 9.17) is 14.2 Å². The van der Waals surface area contributed by atoms with Gasteiger partial charge in [-0.25, -0.2) is 0 Å². The first kappa shape index (κ1) is 14.0. The lowest BCUT2D eigenvalue weighted by Crippen LogP contribution is -2.43. The minimum absolute atomic E-state index is 0.385. The normalized spacial score (nSPS) is 23.9. The third kappa shape index (κ3) is 2.73. The van der Waals surface area contributed by atoms with E-state index in [1.165, 1.54) is 11.5 Å². The number of aromatic nitrogens is 1. The predicted molar refractivity (Wildman–Crippen MR) is 73.9 cm³/mol. The van der Waals surface area contributed by atoms with E-state index in [0.29, 0.717) is 25.7 Å². The first-order valence-corrected chi connectivity index (χ1v) is 7.73. The largest absolute Gasteiger partial charge is 0.476 e. The molecule has 20 heavy (non-hydrogen) atoms. The highest BCUT2D eigenvalue weighted by atomic mass is 32.1. The van der Waals surface area contributed by atoms with Gasteiger partial charge in [-0.3, -0.25) is 0 Å². The molecular weight excluding hydrogens is 278 g/mol. The van der Waals surface area contributed by atoms with Gasteiger partial charge in [-0.05, 0) is 31.3 Å². The van der Waals surface area contributed by atoms with Gasteiger partial charge < -0.3 is 19.0 Å². The molecular formula is C14H19NO4S. The summed E-state index contributed by atoms with van der Waals surface area (Å²) in [6, 6.07) is 1.90. The summed E-state index contributed by atoms with van der Waals surface area (Å²) in [5, 5.41) is 0. The molecule has 6 heteroatoms. The molecule has 1 aliphatic carbocycles. The average molecular weight is 297 g/mol. The monoisotopic (exact) mass is 297 g/mol. The molecule has 2 heterocycles. The summed E-state index contributed by atoms with van der Waals surface area (Å²) in [4.78, 5) is 12.6. The number of aldehydes is 1. The van der Waals surface area contributed by atoms with E-state index in [9.17, 15) is 4.79 Å². The van der Waals surface area contributed by atoms with Crippen molar-refractivity contribution in [2.24, 2.45) is 5.41 Å². The maximum Gasteiger partial charge on any atom is 0.225 e. The molecule has 5 nitrogen and oxygen atoms in total. The van der Waals surface area contributed by atoms with Crippen molar-refractivity contribution in [2.45, 2.75) is 38.4 Å². The molecule has 2 fully saturated rings. The Morgan fingerprint density at radius 3 is 2.60 bits per heavy atom. The van der Waals surface area contributed by atoms with Gasteiger partial charge >= 0.3 is 0 Å². The predicted octanol–water partition coefficient (Wildman–Crippen LogP) is 2.33. The van der Waals surface area contributed by atoms with Crippen LogP contribution in [0.15, 0.2) is 6.07 Å². The van der Waals surface area contributed by atoms with Crippen molar-refractivity contribution in [2.75, 3.05) is 19.8 Å². The van der Waals surface area contributed by atoms with Gasteiger partial charge in [0.2, 0.25) is 5.88 Å². The van der Waals surface area contributed by atoms with Crippen LogP contribution in [0.5, 0.6) is 5.88 Å². The van der Waals surface area contributed by atoms with Gasteiger partial charge in [0.1, 0.15) is 12.9 Å². The molecule has 1 saturated heterocycles. The fourth-order valence-corrected chi connectivity index (χ4v) is 3.33. The minimum Gasteiger partial charge on any atom is -0.476 e. The summed E-state index contributed by atoms with van der Waals surface area (Å²) >= 11 is 1.41. The number of rotatable bonds is 4. The van der Waals surface area contributed by atoms with E-state index in [1.54, 1.807) is 0 Å². The molecule has 0 radical (unpaired) electrons. The molecule has 0 atom stereocenters. The molecule has 1 aliphatic heterocycles. The van der Waals surface area contributed by atoms with Gasteiger partial charge in [0.25, 0.3) is 0 Å². The maximum atomic E-state index is 11.5. The van der Waals surface area contributed by atoms with E-state index in [1.807, 2.05) is 13.0 Å². The molecule has 0 aromatic carbocycles. The second-order valence-corrected chi connectivity index (χ2v) is 6.66. The van der Waals surface area contributed by atoms with Gasteiger partial charge in [-0.2, -0.15) is 4.37 Å². The molecule has 1 aromatic rings. The summed E-state index contributed by atoms with van der Waals surface area (Å²) in [5.41, 5.74) is -0.432. The van der Waals surface area contributed by atoms with Gasteiger partial charge in [0, 0.05) is 23.8 Å². The smallest absolute Gasteiger partial charge is 0.225 e.